The van der Waals surface area contributed by atoms with Crippen molar-refractivity contribution in [2.45, 2.75) is 124 Å². The van der Waals surface area contributed by atoms with Crippen molar-refractivity contribution in [1.29, 1.82) is 0 Å². The van der Waals surface area contributed by atoms with Gasteiger partial charge in [0.1, 0.15) is 17.7 Å². The Morgan fingerprint density at radius 2 is 1.57 bits per heavy atom. The number of alkyl carbamates (subject to hydrolysis) is 1. The number of nitrogens with one attached hydrogen (secondary N) is 2. The Balaban J connectivity index is 3.52. The molecule has 0 aromatic heterocycles. The Labute approximate surface area is 241 Å². The van der Waals surface area contributed by atoms with Gasteiger partial charge in [0.05, 0.1) is 6.42 Å². The molecule has 1 rings (SSSR count). The van der Waals surface area contributed by atoms with Gasteiger partial charge in [0.25, 0.3) is 0 Å². The standard InChI is InChI=1S/C31H52N4O5/c1-8-10-12-13-15-19-35(29(38)25(21-26(32)36)34-30(39)40-31(5,6)7)27(28(37)33-18-14-11-9-2)24-20-22(3)16-17-23(24)4/h16-17,20,25,27H,8-15,18-19,21H2,1-7H3,(H2,32,36)(H,33,37)(H,34,39). The third-order valence-corrected chi connectivity index (χ3v) is 6.55. The van der Waals surface area contributed by atoms with Gasteiger partial charge in [-0.25, -0.2) is 4.79 Å². The number of nitrogens with zero attached hydrogens (tertiary/aromatic N) is 1. The smallest absolute Gasteiger partial charge is 0.408 e. The zero-order valence-corrected chi connectivity index (χ0v) is 25.7. The maximum absolute atomic E-state index is 14.2. The summed E-state index contributed by atoms with van der Waals surface area (Å²) >= 11 is 0. The number of primary amides is 1. The highest BCUT2D eigenvalue weighted by molar-refractivity contribution is 5.94. The van der Waals surface area contributed by atoms with Crippen LogP contribution >= 0.6 is 0 Å². The number of nitrogens with two attached hydrogens (primary N) is 1. The number of rotatable bonds is 17. The molecule has 9 heteroatoms. The number of hydrogen-bond donors (Lipinski definition) is 3. The first-order chi connectivity index (χ1) is 18.8. The van der Waals surface area contributed by atoms with Gasteiger partial charge in [-0.15, -0.1) is 0 Å². The quantitative estimate of drug-likeness (QED) is 0.225. The molecule has 226 valence electrons. The van der Waals surface area contributed by atoms with Crippen LogP contribution in [-0.2, 0) is 19.1 Å². The van der Waals surface area contributed by atoms with Gasteiger partial charge in [-0.1, -0.05) is 76.1 Å². The molecule has 0 heterocycles. The van der Waals surface area contributed by atoms with Crippen molar-refractivity contribution in [3.05, 3.63) is 34.9 Å². The maximum Gasteiger partial charge on any atom is 0.408 e. The van der Waals surface area contributed by atoms with Crippen molar-refractivity contribution in [2.75, 3.05) is 13.1 Å². The minimum absolute atomic E-state index is 0.286. The van der Waals surface area contributed by atoms with E-state index >= 15 is 0 Å². The largest absolute Gasteiger partial charge is 0.444 e. The lowest BCUT2D eigenvalue weighted by atomic mass is 9.95. The van der Waals surface area contributed by atoms with Crippen LogP contribution in [0.5, 0.6) is 0 Å². The summed E-state index contributed by atoms with van der Waals surface area (Å²) in [4.78, 5) is 54.1. The fourth-order valence-electron chi connectivity index (χ4n) is 4.49. The van der Waals surface area contributed by atoms with Crippen LogP contribution in [0.3, 0.4) is 0 Å². The first-order valence-electron chi connectivity index (χ1n) is 14.7. The fraction of sp³-hybridized carbons (Fsp3) is 0.677. The maximum atomic E-state index is 14.2. The van der Waals surface area contributed by atoms with E-state index in [0.717, 1.165) is 56.1 Å². The lowest BCUT2D eigenvalue weighted by Gasteiger charge is -2.35. The van der Waals surface area contributed by atoms with Crippen LogP contribution in [0, 0.1) is 13.8 Å². The molecule has 0 spiro atoms. The van der Waals surface area contributed by atoms with Crippen LogP contribution in [0.15, 0.2) is 18.2 Å². The van der Waals surface area contributed by atoms with Crippen LogP contribution in [-0.4, -0.2) is 53.4 Å². The normalized spacial score (nSPS) is 12.8. The zero-order chi connectivity index (χ0) is 30.3. The fourth-order valence-corrected chi connectivity index (χ4v) is 4.49. The first kappa shape index (κ1) is 34.9. The Bertz CT molecular complexity index is 973. The van der Waals surface area contributed by atoms with E-state index in [-0.39, 0.29) is 12.5 Å². The van der Waals surface area contributed by atoms with E-state index < -0.39 is 42.0 Å². The third-order valence-electron chi connectivity index (χ3n) is 6.55. The van der Waals surface area contributed by atoms with Gasteiger partial charge in [-0.2, -0.15) is 0 Å². The number of ether oxygens (including phenoxy) is 1. The monoisotopic (exact) mass is 560 g/mol. The van der Waals surface area contributed by atoms with Crippen LogP contribution in [0.25, 0.3) is 0 Å². The molecule has 0 saturated carbocycles. The second-order valence-corrected chi connectivity index (χ2v) is 11.6. The molecular formula is C31H52N4O5. The number of aryl methyl sites for hydroxylation is 2. The van der Waals surface area contributed by atoms with Crippen molar-refractivity contribution in [1.82, 2.24) is 15.5 Å². The Kier molecular flexibility index (Phi) is 15.3. The first-order valence-corrected chi connectivity index (χ1v) is 14.7. The van der Waals surface area contributed by atoms with Crippen LogP contribution in [0.1, 0.15) is 115 Å². The predicted octanol–water partition coefficient (Wildman–Crippen LogP) is 5.22. The molecule has 9 nitrogen and oxygen atoms in total. The highest BCUT2D eigenvalue weighted by Gasteiger charge is 2.37. The summed E-state index contributed by atoms with van der Waals surface area (Å²) in [5.41, 5.74) is 7.23. The topological polar surface area (TPSA) is 131 Å². The second-order valence-electron chi connectivity index (χ2n) is 11.6. The molecule has 0 fully saturated rings. The van der Waals surface area contributed by atoms with Crippen molar-refractivity contribution >= 4 is 23.8 Å². The summed E-state index contributed by atoms with van der Waals surface area (Å²) < 4.78 is 5.36. The Morgan fingerprint density at radius 1 is 0.950 bits per heavy atom. The zero-order valence-electron chi connectivity index (χ0n) is 25.7. The average molecular weight is 561 g/mol. The lowest BCUT2D eigenvalue weighted by molar-refractivity contribution is -0.143. The number of unbranched alkanes of at least 4 members (excludes halogenated alkanes) is 6. The molecule has 0 bridgehead atoms. The highest BCUT2D eigenvalue weighted by atomic mass is 16.6. The summed E-state index contributed by atoms with van der Waals surface area (Å²) in [6.45, 7) is 14.0. The molecule has 0 aliphatic rings. The van der Waals surface area contributed by atoms with Gasteiger partial charge in [0.2, 0.25) is 17.7 Å². The van der Waals surface area contributed by atoms with Crippen LogP contribution in [0.4, 0.5) is 4.79 Å². The molecule has 1 aromatic rings. The van der Waals surface area contributed by atoms with Crippen LogP contribution in [0.2, 0.25) is 0 Å². The van der Waals surface area contributed by atoms with Crippen molar-refractivity contribution in [3.63, 3.8) is 0 Å². The Hall–Kier alpha value is -3.10. The predicted molar refractivity (Wildman–Crippen MR) is 159 cm³/mol. The molecule has 0 radical (unpaired) electrons. The van der Waals surface area contributed by atoms with E-state index in [9.17, 15) is 19.2 Å². The number of benzene rings is 1. The van der Waals surface area contributed by atoms with E-state index in [0.29, 0.717) is 18.5 Å². The molecule has 4 amide bonds. The minimum Gasteiger partial charge on any atom is -0.444 e. The summed E-state index contributed by atoms with van der Waals surface area (Å²) in [5.74, 6) is -1.58. The van der Waals surface area contributed by atoms with E-state index in [1.165, 1.54) is 4.90 Å². The summed E-state index contributed by atoms with van der Waals surface area (Å²) in [6.07, 6.45) is 6.31. The Morgan fingerprint density at radius 3 is 2.17 bits per heavy atom. The molecular weight excluding hydrogens is 508 g/mol. The third kappa shape index (κ3) is 12.8. The van der Waals surface area contributed by atoms with E-state index in [1.54, 1.807) is 20.8 Å². The van der Waals surface area contributed by atoms with Crippen molar-refractivity contribution < 1.29 is 23.9 Å². The second kappa shape index (κ2) is 17.6. The molecule has 0 saturated heterocycles. The number of amides is 4. The van der Waals surface area contributed by atoms with Gasteiger partial charge in [0, 0.05) is 13.1 Å². The van der Waals surface area contributed by atoms with E-state index in [2.05, 4.69) is 24.5 Å². The SMILES string of the molecule is CCCCCCCN(C(=O)C(CC(N)=O)NC(=O)OC(C)(C)C)C(C(=O)NCCCCC)c1cc(C)ccc1C. The molecule has 0 aliphatic heterocycles. The van der Waals surface area contributed by atoms with Gasteiger partial charge in [-0.3, -0.25) is 14.4 Å². The van der Waals surface area contributed by atoms with Gasteiger partial charge < -0.3 is 26.0 Å². The minimum atomic E-state index is -1.27. The molecule has 2 atom stereocenters. The van der Waals surface area contributed by atoms with Gasteiger partial charge in [-0.05, 0) is 58.6 Å². The molecule has 4 N–H and O–H groups in total. The van der Waals surface area contributed by atoms with Crippen LogP contribution < -0.4 is 16.4 Å². The molecule has 2 unspecified atom stereocenters. The average Bonchev–Trinajstić information content (AvgIpc) is 2.85. The van der Waals surface area contributed by atoms with Gasteiger partial charge in [0.15, 0.2) is 0 Å². The summed E-state index contributed by atoms with van der Waals surface area (Å²) in [5, 5.41) is 5.57. The summed E-state index contributed by atoms with van der Waals surface area (Å²) in [6, 6.07) is 3.62. The highest BCUT2D eigenvalue weighted by Crippen LogP contribution is 2.28. The van der Waals surface area contributed by atoms with Crippen molar-refractivity contribution in [2.24, 2.45) is 5.73 Å². The molecule has 0 aliphatic carbocycles. The number of carbonyl (C=O) groups excluding carboxylic acids is 4. The lowest BCUT2D eigenvalue weighted by Crippen LogP contribution is -2.54. The molecule has 40 heavy (non-hydrogen) atoms. The van der Waals surface area contributed by atoms with E-state index in [1.807, 2.05) is 32.0 Å². The number of carbonyl (C=O) groups is 4. The number of hydrogen-bond acceptors (Lipinski definition) is 5. The molecule has 1 aromatic carbocycles. The summed E-state index contributed by atoms with van der Waals surface area (Å²) in [7, 11) is 0. The van der Waals surface area contributed by atoms with Crippen molar-refractivity contribution in [3.8, 4) is 0 Å². The van der Waals surface area contributed by atoms with E-state index in [4.69, 9.17) is 10.5 Å². The van der Waals surface area contributed by atoms with Gasteiger partial charge >= 0.3 is 6.09 Å².